The van der Waals surface area contributed by atoms with Crippen molar-refractivity contribution in [3.63, 3.8) is 0 Å². The Bertz CT molecular complexity index is 976. The summed E-state index contributed by atoms with van der Waals surface area (Å²) in [6.45, 7) is 1.70. The predicted molar refractivity (Wildman–Crippen MR) is 101 cm³/mol. The number of nitro benzene ring substituents is 1. The number of nitrogens with one attached hydrogen (secondary N) is 2. The van der Waals surface area contributed by atoms with Crippen LogP contribution in [-0.2, 0) is 9.59 Å². The van der Waals surface area contributed by atoms with E-state index in [2.05, 4.69) is 10.9 Å². The van der Waals surface area contributed by atoms with Crippen molar-refractivity contribution >= 4 is 40.7 Å². The standard InChI is InChI=1S/C18H15ClN4O5/c1-10-13(19)3-2-4-15(10)22-16(24)9-14(18(22)26)20-21-17(25)11-5-7-12(8-6-11)23(27)28/h2-8,14,20H,9H2,1H3,(H,21,25). The minimum absolute atomic E-state index is 0.134. The van der Waals surface area contributed by atoms with Crippen molar-refractivity contribution < 1.29 is 19.3 Å². The van der Waals surface area contributed by atoms with Crippen LogP contribution in [0.5, 0.6) is 0 Å². The minimum Gasteiger partial charge on any atom is -0.287 e. The molecule has 1 unspecified atom stereocenters. The van der Waals surface area contributed by atoms with Crippen LogP contribution in [0.4, 0.5) is 11.4 Å². The molecule has 28 heavy (non-hydrogen) atoms. The number of non-ortho nitro benzene ring substituents is 1. The first-order valence-electron chi connectivity index (χ1n) is 8.22. The van der Waals surface area contributed by atoms with Crippen LogP contribution in [0.1, 0.15) is 22.3 Å². The van der Waals surface area contributed by atoms with Crippen LogP contribution in [-0.4, -0.2) is 28.7 Å². The maximum absolute atomic E-state index is 12.6. The molecule has 0 aliphatic carbocycles. The second-order valence-electron chi connectivity index (χ2n) is 6.11. The van der Waals surface area contributed by atoms with Gasteiger partial charge in [-0.05, 0) is 36.8 Å². The van der Waals surface area contributed by atoms with Gasteiger partial charge in [0.1, 0.15) is 6.04 Å². The normalized spacial score (nSPS) is 16.4. The van der Waals surface area contributed by atoms with Crippen molar-refractivity contribution in [1.29, 1.82) is 0 Å². The third kappa shape index (κ3) is 3.71. The maximum Gasteiger partial charge on any atom is 0.269 e. The summed E-state index contributed by atoms with van der Waals surface area (Å²) in [5.74, 6) is -1.52. The predicted octanol–water partition coefficient (Wildman–Crippen LogP) is 2.12. The zero-order valence-corrected chi connectivity index (χ0v) is 15.4. The van der Waals surface area contributed by atoms with Crippen molar-refractivity contribution in [3.05, 3.63) is 68.7 Å². The van der Waals surface area contributed by atoms with Crippen LogP contribution in [0, 0.1) is 17.0 Å². The number of imide groups is 1. The SMILES string of the molecule is Cc1c(Cl)cccc1N1C(=O)CC(NNC(=O)c2ccc([N+](=O)[O-])cc2)C1=O. The highest BCUT2D eigenvalue weighted by Gasteiger charge is 2.40. The van der Waals surface area contributed by atoms with Gasteiger partial charge >= 0.3 is 0 Å². The molecule has 10 heteroatoms. The zero-order chi connectivity index (χ0) is 20.4. The molecule has 144 valence electrons. The molecular formula is C18H15ClN4O5. The number of nitro groups is 1. The zero-order valence-electron chi connectivity index (χ0n) is 14.6. The summed E-state index contributed by atoms with van der Waals surface area (Å²) in [5, 5.41) is 11.1. The van der Waals surface area contributed by atoms with Crippen molar-refractivity contribution in [1.82, 2.24) is 10.9 Å². The van der Waals surface area contributed by atoms with Crippen LogP contribution < -0.4 is 15.8 Å². The summed E-state index contributed by atoms with van der Waals surface area (Å²) in [5.41, 5.74) is 5.92. The molecule has 1 fully saturated rings. The lowest BCUT2D eigenvalue weighted by Gasteiger charge is -2.18. The first kappa shape index (κ1) is 19.5. The molecule has 1 saturated heterocycles. The molecule has 1 aliphatic heterocycles. The summed E-state index contributed by atoms with van der Waals surface area (Å²) in [6, 6.07) is 8.96. The monoisotopic (exact) mass is 402 g/mol. The number of carbonyl (C=O) groups is 3. The van der Waals surface area contributed by atoms with E-state index in [9.17, 15) is 24.5 Å². The highest BCUT2D eigenvalue weighted by molar-refractivity contribution is 6.32. The Balaban J connectivity index is 1.68. The molecule has 1 atom stereocenters. The summed E-state index contributed by atoms with van der Waals surface area (Å²) in [6.07, 6.45) is -0.134. The van der Waals surface area contributed by atoms with E-state index >= 15 is 0 Å². The molecule has 2 aromatic carbocycles. The van der Waals surface area contributed by atoms with Gasteiger partial charge in [0.25, 0.3) is 17.5 Å². The molecule has 1 aliphatic rings. The summed E-state index contributed by atoms with van der Waals surface area (Å²) in [4.78, 5) is 48.2. The van der Waals surface area contributed by atoms with Gasteiger partial charge in [-0.25, -0.2) is 10.3 Å². The fourth-order valence-corrected chi connectivity index (χ4v) is 2.97. The number of hydrogen-bond acceptors (Lipinski definition) is 6. The molecule has 3 rings (SSSR count). The summed E-state index contributed by atoms with van der Waals surface area (Å²) in [7, 11) is 0. The Morgan fingerprint density at radius 2 is 1.89 bits per heavy atom. The fraction of sp³-hybridized carbons (Fsp3) is 0.167. The number of hydrogen-bond donors (Lipinski definition) is 2. The van der Waals surface area contributed by atoms with E-state index in [1.165, 1.54) is 24.3 Å². The molecular weight excluding hydrogens is 388 g/mol. The van der Waals surface area contributed by atoms with Crippen LogP contribution in [0.25, 0.3) is 0 Å². The molecule has 0 saturated carbocycles. The van der Waals surface area contributed by atoms with E-state index in [0.29, 0.717) is 16.3 Å². The summed E-state index contributed by atoms with van der Waals surface area (Å²) >= 11 is 6.06. The lowest BCUT2D eigenvalue weighted by molar-refractivity contribution is -0.384. The third-order valence-corrected chi connectivity index (χ3v) is 4.74. The Kier molecular flexibility index (Phi) is 5.39. The van der Waals surface area contributed by atoms with E-state index in [4.69, 9.17) is 11.6 Å². The smallest absolute Gasteiger partial charge is 0.269 e. The van der Waals surface area contributed by atoms with Crippen LogP contribution >= 0.6 is 11.6 Å². The van der Waals surface area contributed by atoms with Crippen LogP contribution in [0.15, 0.2) is 42.5 Å². The van der Waals surface area contributed by atoms with Crippen LogP contribution in [0.3, 0.4) is 0 Å². The number of anilines is 1. The van der Waals surface area contributed by atoms with E-state index in [0.717, 1.165) is 4.90 Å². The number of nitrogens with zero attached hydrogens (tertiary/aromatic N) is 2. The highest BCUT2D eigenvalue weighted by atomic mass is 35.5. The average molecular weight is 403 g/mol. The molecule has 0 aromatic heterocycles. The third-order valence-electron chi connectivity index (χ3n) is 4.33. The van der Waals surface area contributed by atoms with Gasteiger partial charge in [-0.15, -0.1) is 0 Å². The van der Waals surface area contributed by atoms with Gasteiger partial charge in [0.05, 0.1) is 17.0 Å². The van der Waals surface area contributed by atoms with E-state index in [1.54, 1.807) is 25.1 Å². The van der Waals surface area contributed by atoms with E-state index < -0.39 is 28.7 Å². The molecule has 2 N–H and O–H groups in total. The second-order valence-corrected chi connectivity index (χ2v) is 6.52. The lowest BCUT2D eigenvalue weighted by atomic mass is 10.2. The van der Waals surface area contributed by atoms with Gasteiger partial charge in [0.15, 0.2) is 0 Å². The van der Waals surface area contributed by atoms with Gasteiger partial charge in [0.2, 0.25) is 5.91 Å². The van der Waals surface area contributed by atoms with Crippen LogP contribution in [0.2, 0.25) is 5.02 Å². The summed E-state index contributed by atoms with van der Waals surface area (Å²) < 4.78 is 0. The second kappa shape index (κ2) is 7.75. The van der Waals surface area contributed by atoms with E-state index in [-0.39, 0.29) is 17.7 Å². The molecule has 0 spiro atoms. The number of halogens is 1. The average Bonchev–Trinajstić information content (AvgIpc) is 2.95. The van der Waals surface area contributed by atoms with Crippen molar-refractivity contribution in [3.8, 4) is 0 Å². The van der Waals surface area contributed by atoms with Gasteiger partial charge in [-0.3, -0.25) is 29.9 Å². The quantitative estimate of drug-likeness (QED) is 0.449. The molecule has 9 nitrogen and oxygen atoms in total. The van der Waals surface area contributed by atoms with Gasteiger partial charge in [-0.2, -0.15) is 0 Å². The molecule has 1 heterocycles. The van der Waals surface area contributed by atoms with Gasteiger partial charge in [0, 0.05) is 22.7 Å². The van der Waals surface area contributed by atoms with Gasteiger partial charge < -0.3 is 0 Å². The number of amides is 3. The number of carbonyl (C=O) groups excluding carboxylic acids is 3. The first-order valence-corrected chi connectivity index (χ1v) is 8.59. The molecule has 2 aromatic rings. The van der Waals surface area contributed by atoms with Crippen molar-refractivity contribution in [2.45, 2.75) is 19.4 Å². The Morgan fingerprint density at radius 3 is 2.54 bits per heavy atom. The van der Waals surface area contributed by atoms with Gasteiger partial charge in [-0.1, -0.05) is 17.7 Å². The largest absolute Gasteiger partial charge is 0.287 e. The highest BCUT2D eigenvalue weighted by Crippen LogP contribution is 2.30. The number of rotatable bonds is 5. The maximum atomic E-state index is 12.6. The number of benzene rings is 2. The first-order chi connectivity index (χ1) is 13.3. The molecule has 0 radical (unpaired) electrons. The Labute approximate surface area is 164 Å². The molecule has 0 bridgehead atoms. The minimum atomic E-state index is -0.937. The Morgan fingerprint density at radius 1 is 1.21 bits per heavy atom. The van der Waals surface area contributed by atoms with Crippen molar-refractivity contribution in [2.75, 3.05) is 4.90 Å². The van der Waals surface area contributed by atoms with E-state index in [1.807, 2.05) is 0 Å². The topological polar surface area (TPSA) is 122 Å². The number of hydrazine groups is 1. The fourth-order valence-electron chi connectivity index (χ4n) is 2.80. The lowest BCUT2D eigenvalue weighted by Crippen LogP contribution is -2.48. The Hall–Kier alpha value is -3.30. The molecule has 3 amide bonds. The van der Waals surface area contributed by atoms with Crippen molar-refractivity contribution in [2.24, 2.45) is 0 Å².